The van der Waals surface area contributed by atoms with Crippen LogP contribution in [-0.2, 0) is 0 Å². The Balaban J connectivity index is 0.000000103. The van der Waals surface area contributed by atoms with E-state index in [1.54, 1.807) is 0 Å². The first kappa shape index (κ1) is 84.6. The molecule has 9 heterocycles. The SMILES string of the molecule is c1ccc(-c2ccc3c(c2)c2cc4oc5ccccc5c4cc2n3-c2ccc(-c3cccc4c3sc3ccccc34)cc2)cc1.c1ccc(-c2ccc3c(c2)oc2cc4c5ccccc5n(-c5ccc(-c6ccc7c8ccccc8n(-c8ccccc8)c7c6)cc5)c4cc23)cc1.c1ccc(N(c2ccccc2)c2ccc3oc4cc5c6ccccc6n(-c6ccc(-c7cccc8c7sc7ccccc78)cc6)c5cc4c3c2)cc1. The Morgan fingerprint density at radius 3 is 0.966 bits per heavy atom. The molecular weight excluding hydrogens is 1840 g/mol. The van der Waals surface area contributed by atoms with Crippen molar-refractivity contribution in [1.29, 1.82) is 0 Å². The van der Waals surface area contributed by atoms with Crippen LogP contribution in [0.25, 0.3) is 272 Å². The van der Waals surface area contributed by atoms with Crippen LogP contribution in [0.3, 0.4) is 0 Å². The zero-order valence-corrected chi connectivity index (χ0v) is 81.5. The van der Waals surface area contributed by atoms with Crippen LogP contribution in [0.15, 0.2) is 529 Å². The lowest BCUT2D eigenvalue weighted by Crippen LogP contribution is -2.09. The minimum atomic E-state index is 0.878. The van der Waals surface area contributed by atoms with Crippen molar-refractivity contribution in [2.45, 2.75) is 0 Å². The van der Waals surface area contributed by atoms with Crippen molar-refractivity contribution in [3.8, 4) is 78.4 Å². The molecule has 0 saturated carbocycles. The normalized spacial score (nSPS) is 11.9. The van der Waals surface area contributed by atoms with E-state index >= 15 is 0 Å². The summed E-state index contributed by atoms with van der Waals surface area (Å²) >= 11 is 3.75. The van der Waals surface area contributed by atoms with Gasteiger partial charge in [-0.3, -0.25) is 0 Å². The second-order valence-corrected chi connectivity index (χ2v) is 40.5. The Bertz CT molecular complexity index is 10900. The number of hydrogen-bond acceptors (Lipinski definition) is 6. The molecule has 0 aliphatic rings. The summed E-state index contributed by atoms with van der Waals surface area (Å²) in [6.07, 6.45) is 0. The molecule has 0 bridgehead atoms. The predicted molar refractivity (Wildman–Crippen MR) is 626 cm³/mol. The average molecular weight is 1930 g/mol. The van der Waals surface area contributed by atoms with Crippen molar-refractivity contribution >= 4 is 233 Å². The fourth-order valence-corrected chi connectivity index (χ4v) is 25.7. The van der Waals surface area contributed by atoms with Crippen LogP contribution < -0.4 is 4.90 Å². The monoisotopic (exact) mass is 1920 g/mol. The van der Waals surface area contributed by atoms with E-state index in [1.807, 2.05) is 34.8 Å². The predicted octanol–water partition coefficient (Wildman–Crippen LogP) is 39.7. The lowest BCUT2D eigenvalue weighted by molar-refractivity contribution is 0.669. The van der Waals surface area contributed by atoms with E-state index in [-0.39, 0.29) is 0 Å². The Morgan fingerprint density at radius 2 is 0.459 bits per heavy atom. The summed E-state index contributed by atoms with van der Waals surface area (Å²) in [6, 6.07) is 186. The van der Waals surface area contributed by atoms with Gasteiger partial charge in [0, 0.05) is 156 Å². The molecule has 0 aliphatic heterocycles. The molecule has 0 amide bonds. The molecule has 0 aliphatic carbocycles. The van der Waals surface area contributed by atoms with Crippen molar-refractivity contribution in [1.82, 2.24) is 18.3 Å². The minimum absolute atomic E-state index is 0.878. The molecule has 0 radical (unpaired) electrons. The molecule has 0 unspecified atom stereocenters. The smallest absolute Gasteiger partial charge is 0.136 e. The summed E-state index contributed by atoms with van der Waals surface area (Å²) in [5.41, 5.74) is 34.9. The van der Waals surface area contributed by atoms with Gasteiger partial charge in [-0.1, -0.05) is 322 Å². The van der Waals surface area contributed by atoms with Crippen LogP contribution in [0, 0.1) is 0 Å². The van der Waals surface area contributed by atoms with Gasteiger partial charge in [-0.25, -0.2) is 0 Å². The van der Waals surface area contributed by atoms with E-state index in [4.69, 9.17) is 13.3 Å². The quantitative estimate of drug-likeness (QED) is 0.122. The summed E-state index contributed by atoms with van der Waals surface area (Å²) in [4.78, 5) is 2.30. The van der Waals surface area contributed by atoms with Gasteiger partial charge in [0.2, 0.25) is 0 Å². The van der Waals surface area contributed by atoms with Gasteiger partial charge in [0.05, 0.1) is 44.1 Å². The number of fused-ring (bicyclic) bond motifs is 27. The van der Waals surface area contributed by atoms with E-state index in [0.29, 0.717) is 0 Å². The van der Waals surface area contributed by atoms with Gasteiger partial charge in [0.15, 0.2) is 0 Å². The molecule has 10 heteroatoms. The Labute approximate surface area is 857 Å². The van der Waals surface area contributed by atoms with Gasteiger partial charge in [-0.2, -0.15) is 0 Å². The number of hydrogen-bond donors (Lipinski definition) is 0. The van der Waals surface area contributed by atoms with Crippen molar-refractivity contribution in [3.05, 3.63) is 516 Å². The zero-order valence-electron chi connectivity index (χ0n) is 79.9. The van der Waals surface area contributed by atoms with E-state index in [0.717, 1.165) is 111 Å². The molecule has 0 saturated heterocycles. The van der Waals surface area contributed by atoms with Gasteiger partial charge < -0.3 is 36.4 Å². The fraction of sp³-hybridized carbons (Fsp3) is 0. The van der Waals surface area contributed by atoms with E-state index in [2.05, 4.69) is 527 Å². The largest absolute Gasteiger partial charge is 0.456 e. The van der Waals surface area contributed by atoms with Gasteiger partial charge in [-0.05, 0) is 250 Å². The molecule has 8 nitrogen and oxygen atoms in total. The number of benzene rings is 23. The number of rotatable bonds is 12. The Morgan fingerprint density at radius 1 is 0.149 bits per heavy atom. The Hall–Kier alpha value is -19.1. The molecule has 0 N–H and O–H groups in total. The lowest BCUT2D eigenvalue weighted by atomic mass is 10.0. The third-order valence-corrected chi connectivity index (χ3v) is 32.5. The van der Waals surface area contributed by atoms with Crippen LogP contribution >= 0.6 is 22.7 Å². The number of furan rings is 3. The second-order valence-electron chi connectivity index (χ2n) is 38.4. The molecule has 0 spiro atoms. The van der Waals surface area contributed by atoms with Crippen molar-refractivity contribution in [2.75, 3.05) is 4.90 Å². The van der Waals surface area contributed by atoms with E-state index < -0.39 is 0 Å². The van der Waals surface area contributed by atoms with Crippen LogP contribution in [0.4, 0.5) is 17.1 Å². The van der Waals surface area contributed by atoms with Crippen LogP contribution in [0.5, 0.6) is 0 Å². The highest BCUT2D eigenvalue weighted by atomic mass is 32.1. The second kappa shape index (κ2) is 34.3. The van der Waals surface area contributed by atoms with Crippen LogP contribution in [0.1, 0.15) is 0 Å². The number of anilines is 3. The summed E-state index contributed by atoms with van der Waals surface area (Å²) in [6.45, 7) is 0. The maximum Gasteiger partial charge on any atom is 0.136 e. The summed E-state index contributed by atoms with van der Waals surface area (Å²) in [5.74, 6) is 0. The first-order chi connectivity index (χ1) is 73.4. The molecule has 9 aromatic heterocycles. The highest BCUT2D eigenvalue weighted by Gasteiger charge is 2.26. The van der Waals surface area contributed by atoms with Gasteiger partial charge in [0.1, 0.15) is 33.5 Å². The molecular formula is C138H85N5O3S2. The average Bonchev–Trinajstić information content (AvgIpc) is 1.57. The maximum absolute atomic E-state index is 6.57. The van der Waals surface area contributed by atoms with E-state index in [9.17, 15) is 0 Å². The topological polar surface area (TPSA) is 62.4 Å². The number of thiophene rings is 2. The molecule has 0 fully saturated rings. The van der Waals surface area contributed by atoms with Gasteiger partial charge >= 0.3 is 0 Å². The van der Waals surface area contributed by atoms with E-state index in [1.165, 1.54) is 178 Å². The fourth-order valence-electron chi connectivity index (χ4n) is 23.2. The van der Waals surface area contributed by atoms with Gasteiger partial charge in [0.25, 0.3) is 0 Å². The van der Waals surface area contributed by atoms with Crippen molar-refractivity contribution < 1.29 is 13.3 Å². The lowest BCUT2D eigenvalue weighted by Gasteiger charge is -2.25. The molecule has 692 valence electrons. The highest BCUT2D eigenvalue weighted by molar-refractivity contribution is 7.26. The van der Waals surface area contributed by atoms with Crippen LogP contribution in [-0.4, -0.2) is 18.3 Å². The molecule has 0 atom stereocenters. The maximum atomic E-state index is 6.57. The Kier molecular flexibility index (Phi) is 19.6. The molecule has 32 rings (SSSR count). The highest BCUT2D eigenvalue weighted by Crippen LogP contribution is 2.50. The molecule has 148 heavy (non-hydrogen) atoms. The first-order valence-corrected chi connectivity index (χ1v) is 51.9. The third-order valence-electron chi connectivity index (χ3n) is 30.1. The summed E-state index contributed by atoms with van der Waals surface area (Å²) < 4.78 is 34.3. The minimum Gasteiger partial charge on any atom is -0.456 e. The molecule has 23 aromatic carbocycles. The van der Waals surface area contributed by atoms with Crippen LogP contribution in [0.2, 0.25) is 0 Å². The number of nitrogens with zero attached hydrogens (tertiary/aromatic N) is 5. The number of para-hydroxylation sites is 7. The summed E-state index contributed by atoms with van der Waals surface area (Å²) in [7, 11) is 0. The zero-order chi connectivity index (χ0) is 97.1. The molecule has 32 aromatic rings. The van der Waals surface area contributed by atoms with Crippen molar-refractivity contribution in [2.24, 2.45) is 0 Å². The number of aromatic nitrogens is 4. The van der Waals surface area contributed by atoms with Crippen molar-refractivity contribution in [3.63, 3.8) is 0 Å². The third kappa shape index (κ3) is 13.9. The first-order valence-electron chi connectivity index (χ1n) is 50.3. The summed E-state index contributed by atoms with van der Waals surface area (Å²) in [5, 5.41) is 21.7. The van der Waals surface area contributed by atoms with Gasteiger partial charge in [-0.15, -0.1) is 22.7 Å². The standard InChI is InChI=1S/C48H30N2OS.C48H30N2O.C42H25NOS/c1-3-12-32(13-4-1)49(33-14-5-2-6-15-33)35-26-27-45-41(28-35)42-29-44-40(30-46(42)51-45)37-16-7-9-20-43(37)50(44)34-24-22-31(23-25-34)36-18-11-19-39-38-17-8-10-21-47(38)52-48(36)39;1-3-11-31(12-4-1)34-22-26-40-42-29-46-41(30-48(42)51-47(40)28-34)38-16-8-10-18-44(38)50(46)36-23-19-32(20-24-36)33-21-25-39-37-15-7-9-17-43(37)49(45(39)27-33)35-13-5-2-6-14-35;1-2-9-26(10-3-1)28-19-22-37-34(23-28)35-25-40-36(31-11-4-6-15-39(31)44-40)24-38(35)43(37)29-20-17-27(18-21-29)30-13-8-14-33-32-12-5-7-16-41(32)45-42(30)33/h1-30H;1-30H;1-25H.